The number of rotatable bonds is 9. The highest BCUT2D eigenvalue weighted by molar-refractivity contribution is 7.97. The summed E-state index contributed by atoms with van der Waals surface area (Å²) in [4.78, 5) is 51.4. The molecule has 2 saturated heterocycles. The molecule has 1 N–H and O–H groups in total. The zero-order chi connectivity index (χ0) is 28.9. The van der Waals surface area contributed by atoms with Gasteiger partial charge >= 0.3 is 5.51 Å². The molecular weight excluding hydrogens is 549 g/mol. The van der Waals surface area contributed by atoms with Crippen LogP contribution in [-0.2, 0) is 27.5 Å². The number of piperazine rings is 1. The summed E-state index contributed by atoms with van der Waals surface area (Å²) in [5.41, 5.74) is -1.64. The van der Waals surface area contributed by atoms with Crippen LogP contribution in [0.2, 0.25) is 0 Å². The van der Waals surface area contributed by atoms with Crippen LogP contribution in [0.3, 0.4) is 0 Å². The first-order valence-electron chi connectivity index (χ1n) is 12.7. The van der Waals surface area contributed by atoms with E-state index < -0.39 is 29.3 Å². The van der Waals surface area contributed by atoms with Crippen LogP contribution in [0.5, 0.6) is 5.75 Å². The van der Waals surface area contributed by atoms with Crippen LogP contribution in [0.25, 0.3) is 0 Å². The molecule has 0 spiro atoms. The molecule has 0 saturated carbocycles. The van der Waals surface area contributed by atoms with Crippen LogP contribution in [0.4, 0.5) is 13.2 Å². The molecule has 4 amide bonds. The number of nitrogens with one attached hydrogen (secondary N) is 1. The first kappa shape index (κ1) is 29.6. The van der Waals surface area contributed by atoms with Gasteiger partial charge in [-0.1, -0.05) is 30.3 Å². The summed E-state index contributed by atoms with van der Waals surface area (Å²) in [5, 5.41) is 2.15. The van der Waals surface area contributed by atoms with Crippen LogP contribution in [0.1, 0.15) is 39.9 Å². The minimum absolute atomic E-state index is 0.0344. The molecule has 2 aliphatic heterocycles. The molecule has 0 radical (unpaired) electrons. The van der Waals surface area contributed by atoms with Gasteiger partial charge in [-0.3, -0.25) is 34.3 Å². The number of piperidine rings is 1. The lowest BCUT2D eigenvalue weighted by Gasteiger charge is -2.34. The quantitative estimate of drug-likeness (QED) is 0.275. The molecule has 2 aromatic rings. The van der Waals surface area contributed by atoms with Crippen molar-refractivity contribution in [1.29, 1.82) is 0 Å². The second-order valence-electron chi connectivity index (χ2n) is 9.56. The van der Waals surface area contributed by atoms with Gasteiger partial charge in [0.15, 0.2) is 0 Å². The van der Waals surface area contributed by atoms with Crippen LogP contribution in [0.15, 0.2) is 42.5 Å². The largest absolute Gasteiger partial charge is 0.489 e. The van der Waals surface area contributed by atoms with E-state index in [1.54, 1.807) is 25.1 Å². The standard InChI is InChI=1S/C27H29F3N4O5S/c1-18-21(26(38)34(17-35)22-9-10-24(36)31-25(22)37)3-2-4-23(18)39-16-20-7-5-19(6-8-20)15-32-11-13-33(14-12-32)40-27(28,29)30/h2-8,17,22H,9-16H2,1H3,(H,31,36,37). The number of hydrogen-bond donors (Lipinski definition) is 1. The molecule has 2 aromatic carbocycles. The third kappa shape index (κ3) is 7.61. The summed E-state index contributed by atoms with van der Waals surface area (Å²) in [7, 11) is 0. The summed E-state index contributed by atoms with van der Waals surface area (Å²) in [6.45, 7) is 4.32. The summed E-state index contributed by atoms with van der Waals surface area (Å²) in [5.74, 6) is -1.35. The summed E-state index contributed by atoms with van der Waals surface area (Å²) in [6.07, 6.45) is 0.402. The van der Waals surface area contributed by atoms with E-state index in [4.69, 9.17) is 4.74 Å². The van der Waals surface area contributed by atoms with E-state index in [0.29, 0.717) is 50.4 Å². The van der Waals surface area contributed by atoms with Crippen LogP contribution < -0.4 is 10.1 Å². The number of alkyl halides is 3. The Kier molecular flexibility index (Phi) is 9.48. The van der Waals surface area contributed by atoms with Crippen molar-refractivity contribution in [1.82, 2.24) is 19.4 Å². The lowest BCUT2D eigenvalue weighted by molar-refractivity contribution is -0.139. The monoisotopic (exact) mass is 578 g/mol. The van der Waals surface area contributed by atoms with Crippen molar-refractivity contribution in [2.75, 3.05) is 26.2 Å². The fraction of sp³-hybridized carbons (Fsp3) is 0.407. The van der Waals surface area contributed by atoms with Gasteiger partial charge in [-0.05, 0) is 36.6 Å². The molecule has 2 heterocycles. The Morgan fingerprint density at radius 2 is 1.77 bits per heavy atom. The minimum Gasteiger partial charge on any atom is -0.489 e. The molecule has 0 aliphatic carbocycles. The summed E-state index contributed by atoms with van der Waals surface area (Å²) >= 11 is -0.0670. The number of benzene rings is 2. The molecule has 2 aliphatic rings. The average molecular weight is 579 g/mol. The lowest BCUT2D eigenvalue weighted by Crippen LogP contribution is -2.53. The van der Waals surface area contributed by atoms with Crippen molar-refractivity contribution in [3.63, 3.8) is 0 Å². The van der Waals surface area contributed by atoms with Crippen molar-refractivity contribution in [3.8, 4) is 5.75 Å². The summed E-state index contributed by atoms with van der Waals surface area (Å²) < 4.78 is 45.0. The predicted octanol–water partition coefficient (Wildman–Crippen LogP) is 3.26. The number of amides is 4. The van der Waals surface area contributed by atoms with Crippen LogP contribution >= 0.6 is 11.9 Å². The van der Waals surface area contributed by atoms with E-state index in [2.05, 4.69) is 10.2 Å². The van der Waals surface area contributed by atoms with E-state index in [1.165, 1.54) is 4.31 Å². The second kappa shape index (κ2) is 12.8. The van der Waals surface area contributed by atoms with Crippen molar-refractivity contribution >= 4 is 36.1 Å². The fourth-order valence-corrected chi connectivity index (χ4v) is 5.28. The Balaban J connectivity index is 1.32. The Hall–Kier alpha value is -3.42. The highest BCUT2D eigenvalue weighted by atomic mass is 32.2. The zero-order valence-corrected chi connectivity index (χ0v) is 22.6. The lowest BCUT2D eigenvalue weighted by atomic mass is 10.0. The molecule has 2 fully saturated rings. The zero-order valence-electron chi connectivity index (χ0n) is 21.8. The van der Waals surface area contributed by atoms with E-state index in [0.717, 1.165) is 16.0 Å². The number of carbonyl (C=O) groups is 4. The Bertz CT molecular complexity index is 1250. The summed E-state index contributed by atoms with van der Waals surface area (Å²) in [6, 6.07) is 11.5. The van der Waals surface area contributed by atoms with Crippen molar-refractivity contribution in [2.24, 2.45) is 0 Å². The van der Waals surface area contributed by atoms with Gasteiger partial charge in [-0.15, -0.1) is 0 Å². The van der Waals surface area contributed by atoms with Crippen molar-refractivity contribution in [2.45, 2.75) is 44.5 Å². The molecule has 214 valence electrons. The van der Waals surface area contributed by atoms with E-state index in [-0.39, 0.29) is 37.0 Å². The number of nitrogens with zero attached hydrogens (tertiary/aromatic N) is 3. The first-order valence-corrected chi connectivity index (χ1v) is 13.5. The normalized spacial score (nSPS) is 18.8. The minimum atomic E-state index is -4.26. The number of hydrogen-bond acceptors (Lipinski definition) is 8. The molecule has 13 heteroatoms. The molecule has 4 rings (SSSR count). The van der Waals surface area contributed by atoms with Gasteiger partial charge in [0.05, 0.1) is 0 Å². The number of halogens is 3. The maximum Gasteiger partial charge on any atom is 0.456 e. The Morgan fingerprint density at radius 1 is 1.10 bits per heavy atom. The fourth-order valence-electron chi connectivity index (χ4n) is 4.64. The predicted molar refractivity (Wildman–Crippen MR) is 141 cm³/mol. The molecule has 1 unspecified atom stereocenters. The maximum atomic E-state index is 13.1. The van der Waals surface area contributed by atoms with Gasteiger partial charge < -0.3 is 4.74 Å². The molecule has 0 bridgehead atoms. The van der Waals surface area contributed by atoms with Gasteiger partial charge in [-0.2, -0.15) is 13.2 Å². The Labute approximate surface area is 233 Å². The molecule has 0 aromatic heterocycles. The highest BCUT2D eigenvalue weighted by Gasteiger charge is 2.36. The molecule has 9 nitrogen and oxygen atoms in total. The number of ether oxygens (including phenoxy) is 1. The van der Waals surface area contributed by atoms with Crippen LogP contribution in [-0.4, -0.2) is 76.0 Å². The van der Waals surface area contributed by atoms with Crippen molar-refractivity contribution in [3.05, 3.63) is 64.7 Å². The van der Waals surface area contributed by atoms with Gasteiger partial charge in [0.1, 0.15) is 18.4 Å². The Morgan fingerprint density at radius 3 is 2.40 bits per heavy atom. The van der Waals surface area contributed by atoms with Crippen LogP contribution in [0, 0.1) is 6.92 Å². The molecule has 40 heavy (non-hydrogen) atoms. The highest BCUT2D eigenvalue weighted by Crippen LogP contribution is 2.33. The van der Waals surface area contributed by atoms with E-state index in [1.807, 2.05) is 24.3 Å². The third-order valence-corrected chi connectivity index (χ3v) is 7.63. The SMILES string of the molecule is Cc1c(OCc2ccc(CN3CCN(SC(F)(F)F)CC3)cc2)cccc1C(=O)N(C=O)C1CCC(=O)NC1=O. The van der Waals surface area contributed by atoms with Gasteiger partial charge in [0.25, 0.3) is 5.91 Å². The van der Waals surface area contributed by atoms with Gasteiger partial charge in [0.2, 0.25) is 18.2 Å². The molecule has 1 atom stereocenters. The van der Waals surface area contributed by atoms with Gasteiger partial charge in [-0.25, -0.2) is 4.31 Å². The number of imide groups is 2. The first-order chi connectivity index (χ1) is 19.0. The average Bonchev–Trinajstić information content (AvgIpc) is 2.90. The van der Waals surface area contributed by atoms with E-state index in [9.17, 15) is 32.3 Å². The second-order valence-corrected chi connectivity index (χ2v) is 10.7. The molecular formula is C27H29F3N4O5S. The van der Waals surface area contributed by atoms with Crippen molar-refractivity contribution < 1.29 is 37.1 Å². The third-order valence-electron chi connectivity index (χ3n) is 6.80. The number of carbonyl (C=O) groups excluding carboxylic acids is 4. The topological polar surface area (TPSA) is 99.3 Å². The maximum absolute atomic E-state index is 13.1. The smallest absolute Gasteiger partial charge is 0.456 e. The van der Waals surface area contributed by atoms with Gasteiger partial charge in [0, 0.05) is 62.2 Å². The van der Waals surface area contributed by atoms with E-state index >= 15 is 0 Å².